The Kier molecular flexibility index (Phi) is 26.2. The van der Waals surface area contributed by atoms with Crippen LogP contribution >= 0.6 is 7.60 Å². The Labute approximate surface area is 262 Å². The van der Waals surface area contributed by atoms with Gasteiger partial charge in [0.2, 0.25) is 0 Å². The van der Waals surface area contributed by atoms with Crippen molar-refractivity contribution in [2.75, 3.05) is 0 Å². The minimum Gasteiger partial charge on any atom is -0.321 e. The highest BCUT2D eigenvalue weighted by atomic mass is 31.2. The van der Waals surface area contributed by atoms with E-state index in [1.165, 1.54) is 166 Å². The molecule has 0 radical (unpaired) electrons. The summed E-state index contributed by atoms with van der Waals surface area (Å²) >= 11 is 0. The Balaban J connectivity index is 2.20. The molecule has 0 heterocycles. The summed E-state index contributed by atoms with van der Waals surface area (Å²) in [4.78, 5) is 20.0. The van der Waals surface area contributed by atoms with E-state index < -0.39 is 7.60 Å². The Morgan fingerprint density at radius 3 is 1.10 bits per heavy atom. The van der Waals surface area contributed by atoms with E-state index in [4.69, 9.17) is 0 Å². The monoisotopic (exact) mass is 607 g/mol. The Bertz CT molecular complexity index is 772. The average Bonchev–Trinajstić information content (AvgIpc) is 2.97. The largest absolute Gasteiger partial charge is 0.356 e. The van der Waals surface area contributed by atoms with Gasteiger partial charge in [0, 0.05) is 0 Å². The Morgan fingerprint density at radius 1 is 0.452 bits per heavy atom. The summed E-state index contributed by atoms with van der Waals surface area (Å²) in [7, 11) is -4.24. The molecule has 1 rings (SSSR count). The molecule has 42 heavy (non-hydrogen) atoms. The predicted molar refractivity (Wildman–Crippen MR) is 186 cm³/mol. The number of aryl methyl sites for hydroxylation is 1. The molecule has 0 amide bonds. The number of benzene rings is 1. The lowest BCUT2D eigenvalue weighted by Crippen LogP contribution is -2.14. The van der Waals surface area contributed by atoms with E-state index in [0.29, 0.717) is 0 Å². The third-order valence-electron chi connectivity index (χ3n) is 9.14. The average molecular weight is 607 g/mol. The molecule has 0 aliphatic carbocycles. The second kappa shape index (κ2) is 27.9. The van der Waals surface area contributed by atoms with E-state index >= 15 is 0 Å². The first-order valence-corrected chi connectivity index (χ1v) is 20.3. The van der Waals surface area contributed by atoms with Gasteiger partial charge in [0.15, 0.2) is 0 Å². The number of hydrogen-bond acceptors (Lipinski definition) is 1. The van der Waals surface area contributed by atoms with E-state index in [1.54, 1.807) is 6.07 Å². The molecule has 4 heteroatoms. The summed E-state index contributed by atoms with van der Waals surface area (Å²) in [6.45, 7) is 4.56. The van der Waals surface area contributed by atoms with Gasteiger partial charge in [-0.1, -0.05) is 193 Å². The molecule has 0 spiro atoms. The molecule has 0 fully saturated rings. The predicted octanol–water partition coefficient (Wildman–Crippen LogP) is 12.5. The van der Waals surface area contributed by atoms with Crippen molar-refractivity contribution in [1.82, 2.24) is 0 Å². The molecule has 0 aliphatic rings. The van der Waals surface area contributed by atoms with Crippen molar-refractivity contribution in [2.24, 2.45) is 0 Å². The molecule has 0 saturated heterocycles. The minimum atomic E-state index is -4.24. The quantitative estimate of drug-likeness (QED) is 0.0653. The van der Waals surface area contributed by atoms with Crippen LogP contribution in [0.1, 0.15) is 205 Å². The molecule has 246 valence electrons. The van der Waals surface area contributed by atoms with Gasteiger partial charge in [0.05, 0.1) is 5.30 Å². The molecule has 0 unspecified atom stereocenters. The molecule has 0 bridgehead atoms. The first-order valence-electron chi connectivity index (χ1n) is 18.7. The maximum Gasteiger partial charge on any atom is 0.356 e. The number of hydrogen-bond donors (Lipinski definition) is 2. The van der Waals surface area contributed by atoms with E-state index in [-0.39, 0.29) is 5.30 Å². The van der Waals surface area contributed by atoms with Crippen LogP contribution in [0.5, 0.6) is 0 Å². The number of unbranched alkanes of at least 4 members (excludes halogenated alkanes) is 26. The highest BCUT2D eigenvalue weighted by molar-refractivity contribution is 7.60. The normalized spacial score (nSPS) is 11.9. The van der Waals surface area contributed by atoms with Crippen molar-refractivity contribution >= 4 is 12.9 Å². The smallest absolute Gasteiger partial charge is 0.321 e. The van der Waals surface area contributed by atoms with Gasteiger partial charge in [-0.15, -0.1) is 0 Å². The summed E-state index contributed by atoms with van der Waals surface area (Å²) in [6, 6.07) is 5.62. The van der Waals surface area contributed by atoms with Crippen LogP contribution in [-0.2, 0) is 17.4 Å². The van der Waals surface area contributed by atoms with E-state index in [1.807, 2.05) is 6.07 Å². The lowest BCUT2D eigenvalue weighted by molar-refractivity contribution is 0.387. The number of rotatable bonds is 31. The Hall–Kier alpha value is -0.630. The van der Waals surface area contributed by atoms with Gasteiger partial charge in [0.25, 0.3) is 0 Å². The summed E-state index contributed by atoms with van der Waals surface area (Å²) in [5.41, 5.74) is 2.11. The highest BCUT2D eigenvalue weighted by Gasteiger charge is 2.22. The molecule has 0 saturated carbocycles. The highest BCUT2D eigenvalue weighted by Crippen LogP contribution is 2.36. The first kappa shape index (κ1) is 39.4. The molecule has 3 nitrogen and oxygen atoms in total. The fourth-order valence-electron chi connectivity index (χ4n) is 6.42. The second-order valence-corrected chi connectivity index (χ2v) is 14.7. The van der Waals surface area contributed by atoms with Crippen LogP contribution in [0.4, 0.5) is 0 Å². The van der Waals surface area contributed by atoms with Crippen LogP contribution < -0.4 is 5.30 Å². The maximum absolute atomic E-state index is 12.2. The van der Waals surface area contributed by atoms with Crippen molar-refractivity contribution < 1.29 is 14.4 Å². The van der Waals surface area contributed by atoms with Crippen LogP contribution in [0.2, 0.25) is 0 Å². The van der Waals surface area contributed by atoms with Crippen LogP contribution in [-0.4, -0.2) is 9.79 Å². The molecule has 0 aromatic heterocycles. The Morgan fingerprint density at radius 2 is 0.762 bits per heavy atom. The van der Waals surface area contributed by atoms with Gasteiger partial charge in [-0.3, -0.25) is 4.57 Å². The summed E-state index contributed by atoms with van der Waals surface area (Å²) < 4.78 is 12.2. The molecule has 0 atom stereocenters. The third-order valence-corrected chi connectivity index (χ3v) is 10.2. The standard InChI is InChI=1S/C38H71O3P/c1-3-5-7-9-11-13-15-17-19-21-23-25-27-29-32-36-33-31-35-38(42(39,40)41)37(36)34-30-28-26-24-22-20-18-16-14-12-10-8-6-4-2/h31,33,35H,3-30,32,34H2,1-2H3,(H2,39,40,41). The van der Waals surface area contributed by atoms with E-state index in [2.05, 4.69) is 19.9 Å². The lowest BCUT2D eigenvalue weighted by Gasteiger charge is -2.16. The van der Waals surface area contributed by atoms with Crippen LogP contribution in [0.15, 0.2) is 18.2 Å². The summed E-state index contributed by atoms with van der Waals surface area (Å²) in [5.74, 6) is 0. The summed E-state index contributed by atoms with van der Waals surface area (Å²) in [5, 5.41) is 0.278. The van der Waals surface area contributed by atoms with Gasteiger partial charge in [-0.2, -0.15) is 0 Å². The van der Waals surface area contributed by atoms with Crippen molar-refractivity contribution in [3.63, 3.8) is 0 Å². The molecule has 1 aromatic carbocycles. The molecule has 0 aliphatic heterocycles. The molecule has 2 N–H and O–H groups in total. The van der Waals surface area contributed by atoms with Crippen LogP contribution in [0.3, 0.4) is 0 Å². The zero-order chi connectivity index (χ0) is 30.6. The molecular weight excluding hydrogens is 535 g/mol. The van der Waals surface area contributed by atoms with Crippen molar-refractivity contribution in [3.05, 3.63) is 29.3 Å². The van der Waals surface area contributed by atoms with Crippen LogP contribution in [0, 0.1) is 0 Å². The maximum atomic E-state index is 12.2. The fraction of sp³-hybridized carbons (Fsp3) is 0.842. The second-order valence-electron chi connectivity index (χ2n) is 13.2. The topological polar surface area (TPSA) is 57.5 Å². The SMILES string of the molecule is CCCCCCCCCCCCCCCCc1cccc(P(=O)(O)O)c1CCCCCCCCCCCCCCCC. The zero-order valence-electron chi connectivity index (χ0n) is 28.2. The van der Waals surface area contributed by atoms with Gasteiger partial charge >= 0.3 is 7.60 Å². The fourth-order valence-corrected chi connectivity index (χ4v) is 7.31. The zero-order valence-corrected chi connectivity index (χ0v) is 29.1. The van der Waals surface area contributed by atoms with E-state index in [0.717, 1.165) is 37.7 Å². The van der Waals surface area contributed by atoms with Crippen molar-refractivity contribution in [2.45, 2.75) is 206 Å². The minimum absolute atomic E-state index is 0.278. The van der Waals surface area contributed by atoms with Crippen molar-refractivity contribution in [1.29, 1.82) is 0 Å². The van der Waals surface area contributed by atoms with Gasteiger partial charge in [-0.25, -0.2) is 0 Å². The van der Waals surface area contributed by atoms with Gasteiger partial charge in [-0.05, 0) is 42.9 Å². The summed E-state index contributed by atoms with van der Waals surface area (Å²) in [6.07, 6.45) is 39.2. The third kappa shape index (κ3) is 22.0. The first-order chi connectivity index (χ1) is 20.5. The van der Waals surface area contributed by atoms with Crippen molar-refractivity contribution in [3.8, 4) is 0 Å². The van der Waals surface area contributed by atoms with Gasteiger partial charge < -0.3 is 9.79 Å². The molecule has 1 aromatic rings. The van der Waals surface area contributed by atoms with Crippen LogP contribution in [0.25, 0.3) is 0 Å². The van der Waals surface area contributed by atoms with Gasteiger partial charge in [0.1, 0.15) is 0 Å². The van der Waals surface area contributed by atoms with E-state index in [9.17, 15) is 14.4 Å². The molecular formula is C38H71O3P. The lowest BCUT2D eigenvalue weighted by atomic mass is 9.96.